The van der Waals surface area contributed by atoms with Gasteiger partial charge in [-0.3, -0.25) is 10.0 Å². The van der Waals surface area contributed by atoms with Gasteiger partial charge in [-0.2, -0.15) is 0 Å². The second-order valence-corrected chi connectivity index (χ2v) is 9.33. The van der Waals surface area contributed by atoms with Crippen molar-refractivity contribution in [3.05, 3.63) is 17.5 Å². The monoisotopic (exact) mass is 384 g/mol. The molecule has 1 heterocycles. The lowest BCUT2D eigenvalue weighted by Gasteiger charge is -2.30. The van der Waals surface area contributed by atoms with Crippen molar-refractivity contribution in [2.24, 2.45) is 11.8 Å². The first-order valence-electron chi connectivity index (χ1n) is 8.30. The molecule has 1 aliphatic carbocycles. The second kappa shape index (κ2) is 8.20. The molecule has 1 aromatic heterocycles. The lowest BCUT2D eigenvalue weighted by Crippen LogP contribution is -2.49. The van der Waals surface area contributed by atoms with E-state index in [2.05, 4.69) is 17.0 Å². The summed E-state index contributed by atoms with van der Waals surface area (Å²) in [6.07, 6.45) is 3.12. The largest absolute Gasteiger partial charge is 0.384 e. The zero-order valence-electron chi connectivity index (χ0n) is 15.1. The van der Waals surface area contributed by atoms with Crippen LogP contribution in [0.5, 0.6) is 0 Å². The molecule has 0 aromatic carbocycles. The van der Waals surface area contributed by atoms with Crippen LogP contribution in [0.1, 0.15) is 37.6 Å². The summed E-state index contributed by atoms with van der Waals surface area (Å²) in [6.45, 7) is 2.02. The summed E-state index contributed by atoms with van der Waals surface area (Å²) in [5.74, 6) is 6.38. The summed E-state index contributed by atoms with van der Waals surface area (Å²) in [5, 5.41) is 12.7. The summed E-state index contributed by atoms with van der Waals surface area (Å²) >= 11 is 0. The average molecular weight is 384 g/mol. The fourth-order valence-corrected chi connectivity index (χ4v) is 3.69. The lowest BCUT2D eigenvalue weighted by molar-refractivity contribution is -0.131. The van der Waals surface area contributed by atoms with Gasteiger partial charge in [0, 0.05) is 32.0 Å². The van der Waals surface area contributed by atoms with Gasteiger partial charge in [0.05, 0.1) is 5.69 Å². The van der Waals surface area contributed by atoms with Crippen LogP contribution in [0.25, 0.3) is 0 Å². The van der Waals surface area contributed by atoms with Crippen LogP contribution in [-0.4, -0.2) is 49.4 Å². The van der Waals surface area contributed by atoms with Gasteiger partial charge in [-0.15, -0.1) is 0 Å². The van der Waals surface area contributed by atoms with Gasteiger partial charge in [0.1, 0.15) is 4.75 Å². The van der Waals surface area contributed by atoms with Crippen molar-refractivity contribution in [2.45, 2.75) is 37.4 Å². The Morgan fingerprint density at radius 1 is 1.54 bits per heavy atom. The van der Waals surface area contributed by atoms with E-state index in [1.165, 1.54) is 12.4 Å². The minimum absolute atomic E-state index is 0.0427. The van der Waals surface area contributed by atoms with Crippen LogP contribution in [-0.2, 0) is 25.8 Å². The Balaban J connectivity index is 1.95. The molecule has 26 heavy (non-hydrogen) atoms. The van der Waals surface area contributed by atoms with E-state index >= 15 is 0 Å². The standard InChI is InChI=1S/C17H24N2O6S/c1-17(16(20)18-21,26(3,22)23)7-6-14-10-15(25-19-14)5-4-12-8-13(9-12)11-24-2/h10,12-13,21H,6-9,11H2,1-3H3,(H,18,20)/t12?,13?,17-/m1/s1. The Kier molecular flexibility index (Phi) is 6.44. The Hall–Kier alpha value is -1.89. The van der Waals surface area contributed by atoms with E-state index in [-0.39, 0.29) is 12.8 Å². The topological polar surface area (TPSA) is 119 Å². The fourth-order valence-electron chi connectivity index (χ4n) is 2.84. The van der Waals surface area contributed by atoms with Crippen molar-refractivity contribution in [3.63, 3.8) is 0 Å². The molecule has 9 heteroatoms. The number of aryl methyl sites for hydroxylation is 1. The van der Waals surface area contributed by atoms with Gasteiger partial charge >= 0.3 is 0 Å². The molecule has 0 saturated heterocycles. The molecule has 0 bridgehead atoms. The number of carbonyl (C=O) groups excluding carboxylic acids is 1. The number of hydrogen-bond acceptors (Lipinski definition) is 7. The molecule has 1 amide bonds. The van der Waals surface area contributed by atoms with Crippen LogP contribution in [0.15, 0.2) is 10.6 Å². The number of ether oxygens (including phenoxy) is 1. The highest BCUT2D eigenvalue weighted by Gasteiger charge is 2.43. The van der Waals surface area contributed by atoms with Gasteiger partial charge < -0.3 is 9.26 Å². The number of rotatable bonds is 7. The molecular formula is C17H24N2O6S. The highest BCUT2D eigenvalue weighted by molar-refractivity contribution is 7.92. The fraction of sp³-hybridized carbons (Fsp3) is 0.647. The van der Waals surface area contributed by atoms with Gasteiger partial charge in [0.25, 0.3) is 5.91 Å². The predicted octanol–water partition coefficient (Wildman–Crippen LogP) is 0.940. The number of methoxy groups -OCH3 is 1. The van der Waals surface area contributed by atoms with Crippen molar-refractivity contribution >= 4 is 15.7 Å². The smallest absolute Gasteiger partial charge is 0.264 e. The Morgan fingerprint density at radius 3 is 2.81 bits per heavy atom. The third-order valence-electron chi connectivity index (χ3n) is 4.85. The number of hydroxylamine groups is 1. The first-order chi connectivity index (χ1) is 12.2. The first-order valence-corrected chi connectivity index (χ1v) is 10.2. The van der Waals surface area contributed by atoms with Gasteiger partial charge in [-0.05, 0) is 44.4 Å². The van der Waals surface area contributed by atoms with Crippen LogP contribution in [0.3, 0.4) is 0 Å². The summed E-state index contributed by atoms with van der Waals surface area (Å²) in [5.41, 5.74) is 1.92. The lowest BCUT2D eigenvalue weighted by atomic mass is 9.76. The third kappa shape index (κ3) is 4.63. The van der Waals surface area contributed by atoms with Crippen LogP contribution in [0.4, 0.5) is 0 Å². The SMILES string of the molecule is COCC1CC(C#Cc2cc(CC[C@](C)(C(=O)NO)S(C)(=O)=O)no2)C1. The van der Waals surface area contributed by atoms with Crippen LogP contribution in [0.2, 0.25) is 0 Å². The molecule has 1 atom stereocenters. The summed E-state index contributed by atoms with van der Waals surface area (Å²) < 4.78 is 32.3. The maximum Gasteiger partial charge on any atom is 0.264 e. The van der Waals surface area contributed by atoms with Crippen molar-refractivity contribution in [3.8, 4) is 11.8 Å². The number of hydrogen-bond donors (Lipinski definition) is 2. The maximum atomic E-state index is 11.9. The van der Waals surface area contributed by atoms with Gasteiger partial charge in [-0.25, -0.2) is 13.9 Å². The molecule has 0 aliphatic heterocycles. The van der Waals surface area contributed by atoms with Crippen LogP contribution in [0, 0.1) is 23.7 Å². The van der Waals surface area contributed by atoms with E-state index in [9.17, 15) is 13.2 Å². The summed E-state index contributed by atoms with van der Waals surface area (Å²) in [4.78, 5) is 11.8. The number of nitrogens with zero attached hydrogens (tertiary/aromatic N) is 1. The molecule has 2 N–H and O–H groups in total. The number of nitrogens with one attached hydrogen (secondary N) is 1. The summed E-state index contributed by atoms with van der Waals surface area (Å²) in [7, 11) is -2.05. The average Bonchev–Trinajstić information content (AvgIpc) is 3.00. The Bertz CT molecular complexity index is 801. The van der Waals surface area contributed by atoms with E-state index in [0.717, 1.165) is 25.7 Å². The highest BCUT2D eigenvalue weighted by Crippen LogP contribution is 2.33. The van der Waals surface area contributed by atoms with Crippen LogP contribution < -0.4 is 5.48 Å². The van der Waals surface area contributed by atoms with E-state index in [4.69, 9.17) is 14.5 Å². The van der Waals surface area contributed by atoms with Gasteiger partial charge in [0.15, 0.2) is 9.84 Å². The Morgan fingerprint density at radius 2 is 2.23 bits per heavy atom. The zero-order valence-corrected chi connectivity index (χ0v) is 15.9. The van der Waals surface area contributed by atoms with Crippen molar-refractivity contribution in [1.29, 1.82) is 0 Å². The highest BCUT2D eigenvalue weighted by atomic mass is 32.2. The van der Waals surface area contributed by atoms with Gasteiger partial charge in [-0.1, -0.05) is 11.1 Å². The predicted molar refractivity (Wildman–Crippen MR) is 93.0 cm³/mol. The quantitative estimate of drug-likeness (QED) is 0.408. The van der Waals surface area contributed by atoms with Gasteiger partial charge in [0.2, 0.25) is 5.76 Å². The number of carbonyl (C=O) groups is 1. The normalized spacial score (nSPS) is 21.8. The molecule has 0 radical (unpaired) electrons. The molecule has 2 rings (SSSR count). The van der Waals surface area contributed by atoms with Crippen molar-refractivity contribution < 1.29 is 27.7 Å². The molecule has 1 aliphatic rings. The van der Waals surface area contributed by atoms with Crippen molar-refractivity contribution in [1.82, 2.24) is 10.6 Å². The molecule has 144 valence electrons. The minimum Gasteiger partial charge on any atom is -0.384 e. The molecule has 0 unspecified atom stereocenters. The number of amides is 1. The zero-order chi connectivity index (χ0) is 19.4. The number of aromatic nitrogens is 1. The summed E-state index contributed by atoms with van der Waals surface area (Å²) in [6, 6.07) is 1.64. The van der Waals surface area contributed by atoms with E-state index in [0.29, 0.717) is 23.3 Å². The Labute approximate surface area is 153 Å². The molecule has 8 nitrogen and oxygen atoms in total. The first kappa shape index (κ1) is 20.4. The third-order valence-corrected chi connectivity index (χ3v) is 6.88. The molecule has 0 spiro atoms. The molecule has 1 saturated carbocycles. The molecule has 1 aromatic rings. The second-order valence-electron chi connectivity index (χ2n) is 6.89. The minimum atomic E-state index is -3.74. The molecule has 1 fully saturated rings. The van der Waals surface area contributed by atoms with E-state index < -0.39 is 20.5 Å². The van der Waals surface area contributed by atoms with Crippen LogP contribution >= 0.6 is 0 Å². The molecular weight excluding hydrogens is 360 g/mol. The number of sulfone groups is 1. The van der Waals surface area contributed by atoms with E-state index in [1.54, 1.807) is 13.2 Å². The van der Waals surface area contributed by atoms with Crippen molar-refractivity contribution in [2.75, 3.05) is 20.0 Å². The maximum absolute atomic E-state index is 11.9. The van der Waals surface area contributed by atoms with E-state index in [1.807, 2.05) is 0 Å².